The van der Waals surface area contributed by atoms with E-state index in [1.807, 2.05) is 0 Å². The van der Waals surface area contributed by atoms with E-state index in [2.05, 4.69) is 15.1 Å². The van der Waals surface area contributed by atoms with Crippen molar-refractivity contribution in [2.24, 2.45) is 5.14 Å². The molecule has 4 N–H and O–H groups in total. The topological polar surface area (TPSA) is 153 Å². The maximum absolute atomic E-state index is 12.5. The number of aromatic amines is 1. The number of hydrogen-bond donors (Lipinski definition) is 3. The molecule has 3 aromatic rings. The first-order valence-electron chi connectivity index (χ1n) is 7.58. The van der Waals surface area contributed by atoms with Crippen molar-refractivity contribution in [2.45, 2.75) is 4.90 Å². The minimum Gasteiger partial charge on any atom is -0.465 e. The molecule has 0 aliphatic carbocycles. The van der Waals surface area contributed by atoms with Crippen molar-refractivity contribution in [3.05, 3.63) is 63.0 Å². The normalized spacial score (nSPS) is 11.4. The number of carbonyl (C=O) groups is 2. The Morgan fingerprint density at radius 1 is 1.18 bits per heavy atom. The third-order valence-electron chi connectivity index (χ3n) is 3.82. The van der Waals surface area contributed by atoms with Gasteiger partial charge in [-0.15, -0.1) is 0 Å². The van der Waals surface area contributed by atoms with Crippen LogP contribution in [0.25, 0.3) is 11.0 Å². The molecular weight excluding hydrogens is 412 g/mol. The summed E-state index contributed by atoms with van der Waals surface area (Å²) in [7, 11) is -2.92. The van der Waals surface area contributed by atoms with Crippen LogP contribution in [0.3, 0.4) is 0 Å². The van der Waals surface area contributed by atoms with Crippen LogP contribution in [-0.2, 0) is 14.8 Å². The van der Waals surface area contributed by atoms with E-state index in [0.717, 1.165) is 10.7 Å². The van der Waals surface area contributed by atoms with Gasteiger partial charge in [-0.05, 0) is 36.4 Å². The number of primary sulfonamides is 1. The minimum atomic E-state index is -4.14. The van der Waals surface area contributed by atoms with Crippen molar-refractivity contribution in [1.82, 2.24) is 9.66 Å². The Labute approximate surface area is 162 Å². The number of imidazole rings is 1. The maximum atomic E-state index is 12.5. The van der Waals surface area contributed by atoms with Gasteiger partial charge in [0.2, 0.25) is 10.0 Å². The number of halogens is 1. The van der Waals surface area contributed by atoms with Crippen LogP contribution in [-0.4, -0.2) is 37.1 Å². The molecule has 0 saturated carbocycles. The molecule has 0 unspecified atom stereocenters. The van der Waals surface area contributed by atoms with Gasteiger partial charge in [-0.2, -0.15) is 0 Å². The van der Waals surface area contributed by atoms with Crippen molar-refractivity contribution in [2.75, 3.05) is 12.5 Å². The molecule has 0 aliphatic rings. The summed E-state index contributed by atoms with van der Waals surface area (Å²) in [6.45, 7) is 0. The number of sulfonamides is 1. The molecule has 28 heavy (non-hydrogen) atoms. The summed E-state index contributed by atoms with van der Waals surface area (Å²) in [4.78, 5) is 38.3. The van der Waals surface area contributed by atoms with Gasteiger partial charge >= 0.3 is 11.7 Å². The quantitative estimate of drug-likeness (QED) is 0.526. The van der Waals surface area contributed by atoms with Crippen molar-refractivity contribution in [3.63, 3.8) is 0 Å². The number of aromatic nitrogens is 2. The van der Waals surface area contributed by atoms with E-state index in [-0.39, 0.29) is 27.2 Å². The number of carbonyl (C=O) groups excluding carboxylic acids is 2. The van der Waals surface area contributed by atoms with Crippen LogP contribution in [0.1, 0.15) is 20.7 Å². The average Bonchev–Trinajstić information content (AvgIpc) is 2.94. The van der Waals surface area contributed by atoms with Gasteiger partial charge in [0.1, 0.15) is 4.90 Å². The van der Waals surface area contributed by atoms with Gasteiger partial charge in [0, 0.05) is 5.56 Å². The molecule has 0 radical (unpaired) electrons. The summed E-state index contributed by atoms with van der Waals surface area (Å²) in [6, 6.07) is 7.75. The lowest BCUT2D eigenvalue weighted by atomic mass is 10.2. The van der Waals surface area contributed by atoms with E-state index in [4.69, 9.17) is 16.7 Å². The van der Waals surface area contributed by atoms with Crippen LogP contribution in [0.2, 0.25) is 5.02 Å². The molecular formula is C16H13ClN4O6S. The van der Waals surface area contributed by atoms with Crippen LogP contribution in [0.15, 0.2) is 46.1 Å². The molecule has 12 heteroatoms. The first-order valence-corrected chi connectivity index (χ1v) is 9.51. The molecule has 0 aliphatic heterocycles. The number of esters is 1. The first-order chi connectivity index (χ1) is 13.1. The summed E-state index contributed by atoms with van der Waals surface area (Å²) in [5.74, 6) is -1.36. The summed E-state index contributed by atoms with van der Waals surface area (Å²) >= 11 is 5.80. The molecule has 0 fully saturated rings. The fraction of sp³-hybridized carbons (Fsp3) is 0.0625. The van der Waals surface area contributed by atoms with Gasteiger partial charge in [0.15, 0.2) is 0 Å². The van der Waals surface area contributed by atoms with E-state index in [0.29, 0.717) is 0 Å². The second-order valence-electron chi connectivity index (χ2n) is 5.62. The third-order valence-corrected chi connectivity index (χ3v) is 5.21. The predicted molar refractivity (Wildman–Crippen MR) is 100 cm³/mol. The van der Waals surface area contributed by atoms with E-state index in [1.54, 1.807) is 0 Å². The van der Waals surface area contributed by atoms with E-state index in [9.17, 15) is 22.8 Å². The number of fused-ring (bicyclic) bond motifs is 1. The van der Waals surface area contributed by atoms with Crippen LogP contribution in [0, 0.1) is 0 Å². The van der Waals surface area contributed by atoms with Crippen LogP contribution in [0.5, 0.6) is 0 Å². The summed E-state index contributed by atoms with van der Waals surface area (Å²) in [6.07, 6.45) is 0. The lowest BCUT2D eigenvalue weighted by molar-refractivity contribution is 0.0600. The van der Waals surface area contributed by atoms with Crippen molar-refractivity contribution >= 4 is 44.5 Å². The fourth-order valence-corrected chi connectivity index (χ4v) is 3.57. The molecule has 2 aromatic carbocycles. The minimum absolute atomic E-state index is 0.0825. The van der Waals surface area contributed by atoms with Crippen molar-refractivity contribution in [1.29, 1.82) is 0 Å². The highest BCUT2D eigenvalue weighted by Crippen LogP contribution is 2.21. The standard InChI is InChI=1S/C16H13ClN4O6S/c1-27-15(23)9-3-5-12-11(6-9)19-16(24)21(12)20-14(22)8-2-4-10(17)13(7-8)28(18,25)26/h2-7H,1H3,(H,19,24)(H,20,22)(H2,18,25,26). The maximum Gasteiger partial charge on any atom is 0.345 e. The average molecular weight is 425 g/mol. The number of nitrogens with two attached hydrogens (primary N) is 1. The van der Waals surface area contributed by atoms with Gasteiger partial charge in [0.05, 0.1) is 28.7 Å². The third kappa shape index (κ3) is 3.63. The Kier molecular flexibility index (Phi) is 4.98. The molecule has 1 heterocycles. The predicted octanol–water partition coefficient (Wildman–Crippen LogP) is 0.801. The Balaban J connectivity index is 1.99. The van der Waals surface area contributed by atoms with E-state index in [1.165, 1.54) is 37.4 Å². The SMILES string of the molecule is COC(=O)c1ccc2c(c1)[nH]c(=O)n2NC(=O)c1ccc(Cl)c(S(N)(=O)=O)c1. The summed E-state index contributed by atoms with van der Waals surface area (Å²) < 4.78 is 28.6. The number of nitrogens with zero attached hydrogens (tertiary/aromatic N) is 1. The lowest BCUT2D eigenvalue weighted by Gasteiger charge is -2.08. The second kappa shape index (κ2) is 7.11. The number of ether oxygens (including phenoxy) is 1. The zero-order valence-corrected chi connectivity index (χ0v) is 15.8. The molecule has 10 nitrogen and oxygen atoms in total. The molecule has 0 bridgehead atoms. The largest absolute Gasteiger partial charge is 0.465 e. The molecule has 0 saturated heterocycles. The molecule has 1 amide bonds. The highest BCUT2D eigenvalue weighted by Gasteiger charge is 2.18. The van der Waals surface area contributed by atoms with Crippen molar-refractivity contribution < 1.29 is 22.7 Å². The Hall–Kier alpha value is -3.15. The molecule has 1 aromatic heterocycles. The number of hydrogen-bond acceptors (Lipinski definition) is 6. The van der Waals surface area contributed by atoms with Gasteiger partial charge in [-0.25, -0.2) is 27.8 Å². The van der Waals surface area contributed by atoms with E-state index < -0.39 is 32.5 Å². The van der Waals surface area contributed by atoms with Crippen LogP contribution >= 0.6 is 11.6 Å². The zero-order valence-electron chi connectivity index (χ0n) is 14.2. The molecule has 3 rings (SSSR count). The van der Waals surface area contributed by atoms with Gasteiger partial charge in [0.25, 0.3) is 5.91 Å². The Morgan fingerprint density at radius 2 is 1.86 bits per heavy atom. The molecule has 0 atom stereocenters. The number of amides is 1. The lowest BCUT2D eigenvalue weighted by Crippen LogP contribution is -2.31. The van der Waals surface area contributed by atoms with Crippen LogP contribution < -0.4 is 16.3 Å². The highest BCUT2D eigenvalue weighted by atomic mass is 35.5. The monoisotopic (exact) mass is 424 g/mol. The van der Waals surface area contributed by atoms with Crippen molar-refractivity contribution in [3.8, 4) is 0 Å². The number of rotatable bonds is 4. The van der Waals surface area contributed by atoms with E-state index >= 15 is 0 Å². The second-order valence-corrected chi connectivity index (χ2v) is 7.56. The number of benzene rings is 2. The molecule has 0 spiro atoms. The number of methoxy groups -OCH3 is 1. The highest BCUT2D eigenvalue weighted by molar-refractivity contribution is 7.89. The fourth-order valence-electron chi connectivity index (χ4n) is 2.50. The number of H-pyrrole nitrogens is 1. The zero-order chi connectivity index (χ0) is 20.6. The number of nitrogens with one attached hydrogen (secondary N) is 2. The van der Waals surface area contributed by atoms with Gasteiger partial charge in [-0.1, -0.05) is 11.6 Å². The Bertz CT molecular complexity index is 1280. The smallest absolute Gasteiger partial charge is 0.345 e. The summed E-state index contributed by atoms with van der Waals surface area (Å²) in [5.41, 5.74) is 2.38. The summed E-state index contributed by atoms with van der Waals surface area (Å²) in [5, 5.41) is 4.93. The van der Waals surface area contributed by atoms with Crippen LogP contribution in [0.4, 0.5) is 0 Å². The van der Waals surface area contributed by atoms with Gasteiger partial charge in [-0.3, -0.25) is 10.2 Å². The Morgan fingerprint density at radius 3 is 2.50 bits per heavy atom. The first kappa shape index (κ1) is 19.6. The molecule has 146 valence electrons. The van der Waals surface area contributed by atoms with Gasteiger partial charge < -0.3 is 9.72 Å².